The average molecular weight is 92.0 g/mol. The molecular weight excluding hydrogens is 87.0 g/mol. The maximum atomic E-state index is 9.60. The Balaban J connectivity index is 2.85. The van der Waals surface area contributed by atoms with E-state index in [-0.39, 0.29) is 6.35 Å². The van der Waals surface area contributed by atoms with E-state index >= 15 is 0 Å². The van der Waals surface area contributed by atoms with Crippen LogP contribution in [-0.4, -0.2) is 17.8 Å². The summed E-state index contributed by atoms with van der Waals surface area (Å²) in [6.07, 6.45) is 2.72. The van der Waals surface area contributed by atoms with Gasteiger partial charge in [0, 0.05) is 0 Å². The first-order valence-corrected chi connectivity index (χ1v) is 2.76. The predicted molar refractivity (Wildman–Crippen MR) is 21.1 cm³/mol. The van der Waals surface area contributed by atoms with Gasteiger partial charge in [-0.25, -0.2) is 0 Å². The largest absolute Gasteiger partial charge is 0.629 e. The van der Waals surface area contributed by atoms with Gasteiger partial charge in [0.05, 0.1) is 14.1 Å². The summed E-state index contributed by atoms with van der Waals surface area (Å²) in [5, 5.41) is 7.80. The average Bonchev–Trinajstić information content (AvgIpc) is 1.38. The topological polar surface area (TPSA) is 43.3 Å². The highest BCUT2D eigenvalue weighted by atomic mass is 31.1. The Morgan fingerprint density at radius 2 is 2.20 bits per heavy atom. The zero-order valence-corrected chi connectivity index (χ0v) is 3.61. The van der Waals surface area contributed by atoms with Crippen molar-refractivity contribution in [3.05, 3.63) is 0 Å². The molecule has 30 valence electrons. The van der Waals surface area contributed by atoms with Crippen molar-refractivity contribution >= 4 is 14.1 Å². The van der Waals surface area contributed by atoms with Crippen LogP contribution >= 0.6 is 7.77 Å². The molecular formula is C2H5O2P. The summed E-state index contributed by atoms with van der Waals surface area (Å²) in [6.45, 7) is 0. The highest BCUT2D eigenvalue weighted by molar-refractivity contribution is 7.48. The van der Waals surface area contributed by atoms with Crippen molar-refractivity contribution in [1.29, 1.82) is 0 Å². The summed E-state index contributed by atoms with van der Waals surface area (Å²) in [6, 6.07) is 0. The SMILES string of the molecule is C=[P+]([O-])CO. The molecule has 5 heavy (non-hydrogen) atoms. The molecule has 0 bridgehead atoms. The molecule has 0 aromatic rings. The van der Waals surface area contributed by atoms with Crippen molar-refractivity contribution in [2.24, 2.45) is 0 Å². The van der Waals surface area contributed by atoms with Gasteiger partial charge in [0.2, 0.25) is 0 Å². The van der Waals surface area contributed by atoms with Gasteiger partial charge in [-0.15, -0.1) is 0 Å². The van der Waals surface area contributed by atoms with Crippen LogP contribution < -0.4 is 4.89 Å². The molecule has 0 heterocycles. The summed E-state index contributed by atoms with van der Waals surface area (Å²) < 4.78 is 0. The number of rotatable bonds is 1. The molecule has 0 fully saturated rings. The Morgan fingerprint density at radius 3 is 2.20 bits per heavy atom. The lowest BCUT2D eigenvalue weighted by Crippen LogP contribution is -1.87. The summed E-state index contributed by atoms with van der Waals surface area (Å²) >= 11 is 0. The van der Waals surface area contributed by atoms with Crippen LogP contribution in [0.25, 0.3) is 0 Å². The fraction of sp³-hybridized carbons (Fsp3) is 0.500. The van der Waals surface area contributed by atoms with Gasteiger partial charge in [-0.2, -0.15) is 0 Å². The van der Waals surface area contributed by atoms with E-state index < -0.39 is 7.77 Å². The van der Waals surface area contributed by atoms with Gasteiger partial charge in [0.1, 0.15) is 0 Å². The first-order chi connectivity index (χ1) is 2.27. The standard InChI is InChI=1S/C2H5O2P/c1-5(4)2-3/h3H,1-2H2. The van der Waals surface area contributed by atoms with Gasteiger partial charge in [-0.1, -0.05) is 0 Å². The van der Waals surface area contributed by atoms with Crippen LogP contribution in [0.5, 0.6) is 0 Å². The van der Waals surface area contributed by atoms with E-state index in [9.17, 15) is 4.89 Å². The molecule has 0 saturated carbocycles. The molecule has 0 rings (SSSR count). The number of aliphatic hydroxyl groups is 1. The number of hydrogen-bond acceptors (Lipinski definition) is 2. The number of aliphatic hydroxyl groups excluding tert-OH is 1. The second-order valence-electron chi connectivity index (χ2n) is 0.623. The first kappa shape index (κ1) is 5.09. The van der Waals surface area contributed by atoms with E-state index in [1.165, 1.54) is 0 Å². The Kier molecular flexibility index (Phi) is 2.38. The molecule has 1 atom stereocenters. The fourth-order valence-corrected chi connectivity index (χ4v) is 0. The van der Waals surface area contributed by atoms with Crippen LogP contribution in [-0.2, 0) is 0 Å². The van der Waals surface area contributed by atoms with Crippen LogP contribution in [0.4, 0.5) is 0 Å². The van der Waals surface area contributed by atoms with Gasteiger partial charge >= 0.3 is 0 Å². The molecule has 0 aromatic heterocycles. The van der Waals surface area contributed by atoms with E-state index in [0.717, 1.165) is 0 Å². The van der Waals surface area contributed by atoms with Crippen molar-refractivity contribution in [3.63, 3.8) is 0 Å². The normalized spacial score (nSPS) is 11.2. The van der Waals surface area contributed by atoms with Crippen molar-refractivity contribution in [2.75, 3.05) is 6.35 Å². The van der Waals surface area contributed by atoms with Gasteiger partial charge in [0.15, 0.2) is 6.35 Å². The lowest BCUT2D eigenvalue weighted by Gasteiger charge is -1.80. The molecule has 0 amide bonds. The Hall–Kier alpha value is 0.0900. The quantitative estimate of drug-likeness (QED) is 0.427. The molecule has 0 aliphatic heterocycles. The lowest BCUT2D eigenvalue weighted by atomic mass is 11.7. The monoisotopic (exact) mass is 92.0 g/mol. The van der Waals surface area contributed by atoms with Gasteiger partial charge in [-0.3, -0.25) is 0 Å². The molecule has 3 heteroatoms. The van der Waals surface area contributed by atoms with E-state index in [1.54, 1.807) is 0 Å². The predicted octanol–water partition coefficient (Wildman–Crippen LogP) is -0.875. The van der Waals surface area contributed by atoms with E-state index in [1.807, 2.05) is 0 Å². The summed E-state index contributed by atoms with van der Waals surface area (Å²) in [5.41, 5.74) is 0. The van der Waals surface area contributed by atoms with Crippen LogP contribution in [0.2, 0.25) is 0 Å². The van der Waals surface area contributed by atoms with Crippen LogP contribution in [0.15, 0.2) is 0 Å². The second-order valence-corrected chi connectivity index (χ2v) is 1.87. The maximum absolute atomic E-state index is 9.60. The van der Waals surface area contributed by atoms with Crippen molar-refractivity contribution in [2.45, 2.75) is 0 Å². The highest BCUT2D eigenvalue weighted by Gasteiger charge is 1.74. The van der Waals surface area contributed by atoms with E-state index in [4.69, 9.17) is 5.11 Å². The Morgan fingerprint density at radius 1 is 2.00 bits per heavy atom. The van der Waals surface area contributed by atoms with E-state index in [0.29, 0.717) is 0 Å². The summed E-state index contributed by atoms with van der Waals surface area (Å²) in [5.74, 6) is 0. The first-order valence-electron chi connectivity index (χ1n) is 1.13. The molecule has 0 saturated heterocycles. The van der Waals surface area contributed by atoms with Crippen molar-refractivity contribution < 1.29 is 10.00 Å². The molecule has 0 spiro atoms. The fourth-order valence-electron chi connectivity index (χ4n) is 0. The molecule has 0 aliphatic carbocycles. The van der Waals surface area contributed by atoms with Crippen LogP contribution in [0, 0.1) is 0 Å². The van der Waals surface area contributed by atoms with Gasteiger partial charge in [-0.05, 0) is 0 Å². The minimum Gasteiger partial charge on any atom is -0.629 e. The van der Waals surface area contributed by atoms with E-state index in [2.05, 4.69) is 6.30 Å². The second kappa shape index (κ2) is 2.33. The zero-order chi connectivity index (χ0) is 4.28. The zero-order valence-electron chi connectivity index (χ0n) is 2.72. The molecule has 1 unspecified atom stereocenters. The minimum atomic E-state index is -1.54. The van der Waals surface area contributed by atoms with Gasteiger partial charge in [0.25, 0.3) is 0 Å². The highest BCUT2D eigenvalue weighted by Crippen LogP contribution is 1.98. The maximum Gasteiger partial charge on any atom is 0.198 e. The van der Waals surface area contributed by atoms with Crippen molar-refractivity contribution in [3.8, 4) is 0 Å². The third-order valence-corrected chi connectivity index (χ3v) is 0.473. The van der Waals surface area contributed by atoms with Gasteiger partial charge < -0.3 is 10.00 Å². The van der Waals surface area contributed by atoms with Crippen LogP contribution in [0.3, 0.4) is 0 Å². The Labute approximate surface area is 31.5 Å². The smallest absolute Gasteiger partial charge is 0.198 e. The molecule has 2 nitrogen and oxygen atoms in total. The third kappa shape index (κ3) is 4.09. The molecule has 0 radical (unpaired) electrons. The third-order valence-electron chi connectivity index (χ3n) is 0.158. The van der Waals surface area contributed by atoms with Crippen LogP contribution in [0.1, 0.15) is 0 Å². The summed E-state index contributed by atoms with van der Waals surface area (Å²) in [4.78, 5) is 9.60. The minimum absolute atomic E-state index is 0.296. The summed E-state index contributed by atoms with van der Waals surface area (Å²) in [7, 11) is -1.54. The lowest BCUT2D eigenvalue weighted by molar-refractivity contribution is -0.155. The van der Waals surface area contributed by atoms with Crippen molar-refractivity contribution in [1.82, 2.24) is 0 Å². The molecule has 0 aliphatic rings. The molecule has 1 N–H and O–H groups in total. The Bertz CT molecular complexity index is 42.9. The molecule has 0 aromatic carbocycles. The number of hydrogen-bond donors (Lipinski definition) is 1.